The molecule has 24 heavy (non-hydrogen) atoms. The van der Waals surface area contributed by atoms with Crippen LogP contribution in [0.25, 0.3) is 0 Å². The van der Waals surface area contributed by atoms with Crippen molar-refractivity contribution in [3.8, 4) is 0 Å². The van der Waals surface area contributed by atoms with Gasteiger partial charge in [-0.3, -0.25) is 14.6 Å². The second-order valence-electron chi connectivity index (χ2n) is 6.67. The largest absolute Gasteiger partial charge is 0.349 e. The molecule has 3 aliphatic rings. The van der Waals surface area contributed by atoms with Crippen LogP contribution in [0.3, 0.4) is 0 Å². The number of ether oxygens (including phenoxy) is 2. The molecule has 3 aliphatic heterocycles. The Balaban J connectivity index is 1.26. The SMILES string of the molecule is O=C(CN1CCN(CC2OCCO2)CC1)N1CCc2ccccc21. The number of fused-ring (bicyclic) bond motifs is 1. The van der Waals surface area contributed by atoms with Crippen LogP contribution < -0.4 is 4.90 Å². The molecule has 1 amide bonds. The van der Waals surface area contributed by atoms with Gasteiger partial charge in [-0.15, -0.1) is 0 Å². The van der Waals surface area contributed by atoms with Crippen molar-refractivity contribution in [3.05, 3.63) is 29.8 Å². The van der Waals surface area contributed by atoms with E-state index in [0.29, 0.717) is 19.8 Å². The Morgan fingerprint density at radius 3 is 2.50 bits per heavy atom. The lowest BCUT2D eigenvalue weighted by Gasteiger charge is -2.35. The van der Waals surface area contributed by atoms with Gasteiger partial charge in [0.25, 0.3) is 0 Å². The van der Waals surface area contributed by atoms with Gasteiger partial charge < -0.3 is 14.4 Å². The summed E-state index contributed by atoms with van der Waals surface area (Å²) in [4.78, 5) is 19.2. The minimum atomic E-state index is -0.0701. The zero-order chi connectivity index (χ0) is 16.4. The zero-order valence-electron chi connectivity index (χ0n) is 14.0. The Kier molecular flexibility index (Phi) is 4.80. The van der Waals surface area contributed by atoms with Crippen molar-refractivity contribution in [2.45, 2.75) is 12.7 Å². The normalized spacial score (nSPS) is 22.9. The van der Waals surface area contributed by atoms with Crippen molar-refractivity contribution < 1.29 is 14.3 Å². The quantitative estimate of drug-likeness (QED) is 0.807. The number of benzene rings is 1. The van der Waals surface area contributed by atoms with Crippen LogP contribution in [-0.4, -0.2) is 81.0 Å². The van der Waals surface area contributed by atoms with E-state index in [1.54, 1.807) is 0 Å². The number of amides is 1. The van der Waals surface area contributed by atoms with Crippen LogP contribution in [-0.2, 0) is 20.7 Å². The number of nitrogens with zero attached hydrogens (tertiary/aromatic N) is 3. The molecule has 2 fully saturated rings. The third-order valence-electron chi connectivity index (χ3n) is 5.11. The first-order chi connectivity index (χ1) is 11.8. The molecule has 4 rings (SSSR count). The van der Waals surface area contributed by atoms with Crippen molar-refractivity contribution in [1.82, 2.24) is 9.80 Å². The van der Waals surface area contributed by atoms with E-state index in [1.165, 1.54) is 5.56 Å². The molecule has 6 nitrogen and oxygen atoms in total. The van der Waals surface area contributed by atoms with Crippen molar-refractivity contribution in [2.75, 3.05) is 63.9 Å². The highest BCUT2D eigenvalue weighted by Crippen LogP contribution is 2.27. The van der Waals surface area contributed by atoms with E-state index >= 15 is 0 Å². The number of carbonyl (C=O) groups excluding carboxylic acids is 1. The van der Waals surface area contributed by atoms with Gasteiger partial charge >= 0.3 is 0 Å². The number of hydrogen-bond acceptors (Lipinski definition) is 5. The van der Waals surface area contributed by atoms with Gasteiger partial charge in [-0.1, -0.05) is 18.2 Å². The first-order valence-electron chi connectivity index (χ1n) is 8.86. The number of anilines is 1. The van der Waals surface area contributed by atoms with E-state index in [4.69, 9.17) is 9.47 Å². The van der Waals surface area contributed by atoms with E-state index in [-0.39, 0.29) is 12.2 Å². The second kappa shape index (κ2) is 7.19. The van der Waals surface area contributed by atoms with E-state index in [9.17, 15) is 4.79 Å². The predicted molar refractivity (Wildman–Crippen MR) is 91.1 cm³/mol. The molecule has 1 aromatic carbocycles. The summed E-state index contributed by atoms with van der Waals surface area (Å²) in [6, 6.07) is 8.23. The lowest BCUT2D eigenvalue weighted by Crippen LogP contribution is -2.51. The molecule has 2 saturated heterocycles. The van der Waals surface area contributed by atoms with Crippen molar-refractivity contribution in [3.63, 3.8) is 0 Å². The molecule has 0 radical (unpaired) electrons. The third kappa shape index (κ3) is 3.47. The maximum absolute atomic E-state index is 12.7. The summed E-state index contributed by atoms with van der Waals surface area (Å²) in [6.07, 6.45) is 0.899. The fourth-order valence-electron chi connectivity index (χ4n) is 3.73. The van der Waals surface area contributed by atoms with E-state index in [0.717, 1.165) is 51.4 Å². The van der Waals surface area contributed by atoms with Crippen LogP contribution in [0.5, 0.6) is 0 Å². The smallest absolute Gasteiger partial charge is 0.241 e. The number of rotatable bonds is 4. The summed E-state index contributed by atoms with van der Waals surface area (Å²) >= 11 is 0. The summed E-state index contributed by atoms with van der Waals surface area (Å²) in [5.41, 5.74) is 2.38. The van der Waals surface area contributed by atoms with Crippen LogP contribution in [0.4, 0.5) is 5.69 Å². The van der Waals surface area contributed by atoms with Crippen molar-refractivity contribution in [1.29, 1.82) is 0 Å². The number of carbonyl (C=O) groups is 1. The predicted octanol–water partition coefficient (Wildman–Crippen LogP) is 0.566. The number of para-hydroxylation sites is 1. The Morgan fingerprint density at radius 2 is 1.71 bits per heavy atom. The topological polar surface area (TPSA) is 45.3 Å². The van der Waals surface area contributed by atoms with E-state index in [2.05, 4.69) is 21.9 Å². The van der Waals surface area contributed by atoms with Gasteiger partial charge in [0.2, 0.25) is 5.91 Å². The third-order valence-corrected chi connectivity index (χ3v) is 5.11. The maximum Gasteiger partial charge on any atom is 0.241 e. The van der Waals surface area contributed by atoms with Gasteiger partial charge in [0.1, 0.15) is 0 Å². The van der Waals surface area contributed by atoms with E-state index in [1.807, 2.05) is 17.0 Å². The molecule has 0 bridgehead atoms. The van der Waals surface area contributed by atoms with Gasteiger partial charge in [-0.05, 0) is 18.1 Å². The summed E-state index contributed by atoms with van der Waals surface area (Å²) < 4.78 is 11.0. The van der Waals surface area contributed by atoms with Gasteiger partial charge in [0.05, 0.1) is 19.8 Å². The fraction of sp³-hybridized carbons (Fsp3) is 0.611. The molecule has 0 unspecified atom stereocenters. The maximum atomic E-state index is 12.7. The molecule has 0 atom stereocenters. The minimum absolute atomic E-state index is 0.0701. The first kappa shape index (κ1) is 16.0. The molecule has 0 saturated carbocycles. The summed E-state index contributed by atoms with van der Waals surface area (Å²) in [5, 5.41) is 0. The molecule has 1 aromatic rings. The van der Waals surface area contributed by atoms with Crippen molar-refractivity contribution in [2.24, 2.45) is 0 Å². The monoisotopic (exact) mass is 331 g/mol. The molecule has 0 aromatic heterocycles. The highest BCUT2D eigenvalue weighted by atomic mass is 16.7. The molecule has 0 N–H and O–H groups in total. The van der Waals surface area contributed by atoms with Gasteiger partial charge in [-0.2, -0.15) is 0 Å². The number of piperazine rings is 1. The molecule has 3 heterocycles. The Morgan fingerprint density at radius 1 is 1.00 bits per heavy atom. The molecule has 0 spiro atoms. The molecule has 0 aliphatic carbocycles. The van der Waals surface area contributed by atoms with Crippen LogP contribution in [0, 0.1) is 0 Å². The van der Waals surface area contributed by atoms with Crippen LogP contribution in [0.15, 0.2) is 24.3 Å². The van der Waals surface area contributed by atoms with Crippen LogP contribution in [0.1, 0.15) is 5.56 Å². The first-order valence-corrected chi connectivity index (χ1v) is 8.86. The average Bonchev–Trinajstić information content (AvgIpc) is 3.26. The Bertz CT molecular complexity index is 581. The van der Waals surface area contributed by atoms with Crippen LogP contribution in [0.2, 0.25) is 0 Å². The lowest BCUT2D eigenvalue weighted by molar-refractivity contribution is -0.120. The van der Waals surface area contributed by atoms with Crippen molar-refractivity contribution >= 4 is 11.6 Å². The molecular weight excluding hydrogens is 306 g/mol. The summed E-state index contributed by atoms with van der Waals surface area (Å²) in [7, 11) is 0. The molecule has 130 valence electrons. The van der Waals surface area contributed by atoms with E-state index < -0.39 is 0 Å². The Labute approximate surface area is 142 Å². The average molecular weight is 331 g/mol. The zero-order valence-corrected chi connectivity index (χ0v) is 14.0. The standard InChI is InChI=1S/C18H25N3O3/c22-17(21-6-5-15-3-1-2-4-16(15)21)13-19-7-9-20(10-8-19)14-18-23-11-12-24-18/h1-4,18H,5-14H2. The second-order valence-corrected chi connectivity index (χ2v) is 6.67. The Hall–Kier alpha value is -1.47. The van der Waals surface area contributed by atoms with Crippen LogP contribution >= 0.6 is 0 Å². The number of hydrogen-bond donors (Lipinski definition) is 0. The minimum Gasteiger partial charge on any atom is -0.349 e. The lowest BCUT2D eigenvalue weighted by atomic mass is 10.2. The highest BCUT2D eigenvalue weighted by Gasteiger charge is 2.28. The fourth-order valence-corrected chi connectivity index (χ4v) is 3.73. The highest BCUT2D eigenvalue weighted by molar-refractivity contribution is 5.96. The summed E-state index contributed by atoms with van der Waals surface area (Å²) in [5.74, 6) is 0.218. The van der Waals surface area contributed by atoms with Gasteiger partial charge in [-0.25, -0.2) is 0 Å². The van der Waals surface area contributed by atoms with Gasteiger partial charge in [0, 0.05) is 45.0 Å². The summed E-state index contributed by atoms with van der Waals surface area (Å²) in [6.45, 7) is 7.35. The molecule has 6 heteroatoms. The molecular formula is C18H25N3O3. The van der Waals surface area contributed by atoms with Gasteiger partial charge in [0.15, 0.2) is 6.29 Å².